The van der Waals surface area contributed by atoms with Gasteiger partial charge in [0.2, 0.25) is 10.0 Å². The van der Waals surface area contributed by atoms with E-state index in [-0.39, 0.29) is 17.0 Å². The van der Waals surface area contributed by atoms with E-state index in [1.165, 1.54) is 25.7 Å². The van der Waals surface area contributed by atoms with Gasteiger partial charge in [-0.15, -0.1) is 0 Å². The first kappa shape index (κ1) is 30.7. The third-order valence-electron chi connectivity index (χ3n) is 6.71. The Morgan fingerprint density at radius 2 is 1.59 bits per heavy atom. The number of sulfonamides is 1. The van der Waals surface area contributed by atoms with Crippen LogP contribution in [0.2, 0.25) is 0 Å². The van der Waals surface area contributed by atoms with Crippen LogP contribution >= 0.6 is 0 Å². The van der Waals surface area contributed by atoms with E-state index in [4.69, 9.17) is 9.15 Å². The van der Waals surface area contributed by atoms with Gasteiger partial charge in [0.25, 0.3) is 0 Å². The summed E-state index contributed by atoms with van der Waals surface area (Å²) >= 11 is 0. The Labute approximate surface area is 234 Å². The molecule has 0 saturated carbocycles. The number of unbranched alkanes of at least 4 members (excludes halogenated alkanes) is 3. The van der Waals surface area contributed by atoms with Crippen LogP contribution in [-0.4, -0.2) is 51.6 Å². The minimum absolute atomic E-state index is 0.232. The van der Waals surface area contributed by atoms with Gasteiger partial charge in [-0.05, 0) is 69.1 Å². The van der Waals surface area contributed by atoms with Crippen molar-refractivity contribution in [3.63, 3.8) is 0 Å². The fourth-order valence-electron chi connectivity index (χ4n) is 4.65. The van der Waals surface area contributed by atoms with Crippen LogP contribution in [0.15, 0.2) is 46.9 Å². The molecule has 0 radical (unpaired) electrons. The average Bonchev–Trinajstić information content (AvgIpc) is 3.32. The van der Waals surface area contributed by atoms with Gasteiger partial charge in [0.05, 0.1) is 29.7 Å². The maximum atomic E-state index is 14.0. The number of fused-ring (bicyclic) bond motifs is 1. The van der Waals surface area contributed by atoms with Gasteiger partial charge in [-0.2, -0.15) is 0 Å². The fraction of sp³-hybridized carbons (Fsp3) is 0.516. The van der Waals surface area contributed by atoms with Gasteiger partial charge in [0.1, 0.15) is 17.1 Å². The lowest BCUT2D eigenvalue weighted by Gasteiger charge is -2.22. The minimum atomic E-state index is -3.61. The summed E-state index contributed by atoms with van der Waals surface area (Å²) in [6.07, 6.45) is 9.39. The highest BCUT2D eigenvalue weighted by Gasteiger charge is 2.24. The monoisotopic (exact) mass is 556 g/mol. The molecule has 7 nitrogen and oxygen atoms in total. The first-order valence-electron chi connectivity index (χ1n) is 14.3. The Morgan fingerprint density at radius 1 is 0.923 bits per heavy atom. The molecule has 1 N–H and O–H groups in total. The number of hydrogen-bond donors (Lipinski definition) is 1. The Bertz CT molecular complexity index is 1310. The molecule has 0 unspecified atom stereocenters. The summed E-state index contributed by atoms with van der Waals surface area (Å²) in [6.45, 7) is 10.2. The van der Waals surface area contributed by atoms with E-state index in [1.54, 1.807) is 30.3 Å². The smallest absolute Gasteiger partial charge is 0.229 e. The summed E-state index contributed by atoms with van der Waals surface area (Å²) in [6, 6.07) is 12.3. The first-order chi connectivity index (χ1) is 18.8. The zero-order valence-corrected chi connectivity index (χ0v) is 24.7. The number of nitrogens with one attached hydrogen (secondary N) is 1. The number of benzene rings is 2. The highest BCUT2D eigenvalue weighted by atomic mass is 32.2. The molecular formula is C31H44N2O5S. The SMILES string of the molecule is CCCCc1cc2c(C(=O)c3ccccc3OCCCN(CCCC)CCCC)c(NS(C)(=O)=O)ccc2o1. The number of carbonyl (C=O) groups excluding carboxylic acids is 1. The van der Waals surface area contributed by atoms with Crippen LogP contribution in [0.25, 0.3) is 11.0 Å². The summed E-state index contributed by atoms with van der Waals surface area (Å²) < 4.78 is 39.0. The van der Waals surface area contributed by atoms with Crippen molar-refractivity contribution < 1.29 is 22.4 Å². The van der Waals surface area contributed by atoms with Crippen LogP contribution in [0.4, 0.5) is 5.69 Å². The predicted molar refractivity (Wildman–Crippen MR) is 160 cm³/mol. The number of nitrogens with zero attached hydrogens (tertiary/aromatic N) is 1. The zero-order chi connectivity index (χ0) is 28.3. The molecule has 0 amide bonds. The van der Waals surface area contributed by atoms with Gasteiger partial charge >= 0.3 is 0 Å². The second kappa shape index (κ2) is 15.1. The molecule has 0 aliphatic heterocycles. The van der Waals surface area contributed by atoms with E-state index >= 15 is 0 Å². The minimum Gasteiger partial charge on any atom is -0.493 e. The third-order valence-corrected chi connectivity index (χ3v) is 7.31. The van der Waals surface area contributed by atoms with E-state index in [2.05, 4.69) is 30.4 Å². The molecule has 0 atom stereocenters. The van der Waals surface area contributed by atoms with E-state index in [9.17, 15) is 13.2 Å². The molecule has 214 valence electrons. The largest absolute Gasteiger partial charge is 0.493 e. The van der Waals surface area contributed by atoms with Gasteiger partial charge in [0.15, 0.2) is 5.78 Å². The van der Waals surface area contributed by atoms with Crippen LogP contribution < -0.4 is 9.46 Å². The summed E-state index contributed by atoms with van der Waals surface area (Å²) in [5.41, 5.74) is 1.45. The second-order valence-electron chi connectivity index (χ2n) is 10.2. The van der Waals surface area contributed by atoms with E-state index < -0.39 is 10.0 Å². The number of aryl methyl sites for hydroxylation is 1. The van der Waals surface area contributed by atoms with Gasteiger partial charge in [-0.3, -0.25) is 9.52 Å². The van der Waals surface area contributed by atoms with Crippen molar-refractivity contribution in [2.45, 2.75) is 72.1 Å². The van der Waals surface area contributed by atoms with Crippen molar-refractivity contribution in [2.24, 2.45) is 0 Å². The fourth-order valence-corrected chi connectivity index (χ4v) is 5.22. The van der Waals surface area contributed by atoms with Crippen LogP contribution in [0.3, 0.4) is 0 Å². The Balaban J connectivity index is 1.86. The van der Waals surface area contributed by atoms with Crippen molar-refractivity contribution in [1.82, 2.24) is 4.90 Å². The van der Waals surface area contributed by atoms with Gasteiger partial charge in [0, 0.05) is 18.4 Å². The highest BCUT2D eigenvalue weighted by molar-refractivity contribution is 7.92. The van der Waals surface area contributed by atoms with Gasteiger partial charge in [-0.25, -0.2) is 8.42 Å². The average molecular weight is 557 g/mol. The molecular weight excluding hydrogens is 512 g/mol. The summed E-state index contributed by atoms with van der Waals surface area (Å²) in [5.74, 6) is 0.962. The molecule has 3 aromatic rings. The summed E-state index contributed by atoms with van der Waals surface area (Å²) in [5, 5.41) is 0.594. The highest BCUT2D eigenvalue weighted by Crippen LogP contribution is 2.34. The third kappa shape index (κ3) is 9.11. The molecule has 0 saturated heterocycles. The van der Waals surface area contributed by atoms with Crippen LogP contribution in [0.5, 0.6) is 5.75 Å². The number of para-hydroxylation sites is 1. The molecule has 1 heterocycles. The van der Waals surface area contributed by atoms with Crippen molar-refractivity contribution in [2.75, 3.05) is 37.2 Å². The number of carbonyl (C=O) groups is 1. The molecule has 2 aromatic carbocycles. The lowest BCUT2D eigenvalue weighted by Crippen LogP contribution is -2.28. The lowest BCUT2D eigenvalue weighted by molar-refractivity contribution is 0.103. The van der Waals surface area contributed by atoms with Crippen molar-refractivity contribution in [1.29, 1.82) is 0 Å². The molecule has 0 bridgehead atoms. The number of hydrogen-bond acceptors (Lipinski definition) is 6. The molecule has 39 heavy (non-hydrogen) atoms. The van der Waals surface area contributed by atoms with Crippen molar-refractivity contribution in [3.05, 3.63) is 59.4 Å². The maximum Gasteiger partial charge on any atom is 0.229 e. The Morgan fingerprint density at radius 3 is 2.26 bits per heavy atom. The summed E-state index contributed by atoms with van der Waals surface area (Å²) in [7, 11) is -3.61. The zero-order valence-electron chi connectivity index (χ0n) is 23.9. The van der Waals surface area contributed by atoms with E-state index in [0.717, 1.165) is 57.3 Å². The van der Waals surface area contributed by atoms with Gasteiger partial charge < -0.3 is 14.1 Å². The van der Waals surface area contributed by atoms with E-state index in [1.807, 2.05) is 12.1 Å². The quantitative estimate of drug-likeness (QED) is 0.133. The number of furan rings is 1. The molecule has 8 heteroatoms. The molecule has 3 rings (SSSR count). The topological polar surface area (TPSA) is 88.9 Å². The molecule has 0 fully saturated rings. The van der Waals surface area contributed by atoms with Crippen molar-refractivity contribution in [3.8, 4) is 5.75 Å². The number of anilines is 1. The van der Waals surface area contributed by atoms with Crippen LogP contribution in [0.1, 0.15) is 87.4 Å². The Hall–Kier alpha value is -2.84. The number of ether oxygens (including phenoxy) is 1. The lowest BCUT2D eigenvalue weighted by atomic mass is 9.97. The summed E-state index contributed by atoms with van der Waals surface area (Å²) in [4.78, 5) is 16.5. The molecule has 0 aliphatic carbocycles. The van der Waals surface area contributed by atoms with Gasteiger partial charge in [-0.1, -0.05) is 52.2 Å². The number of ketones is 1. The van der Waals surface area contributed by atoms with Crippen molar-refractivity contribution >= 4 is 32.5 Å². The predicted octanol–water partition coefficient (Wildman–Crippen LogP) is 7.05. The van der Waals surface area contributed by atoms with E-state index in [0.29, 0.717) is 28.9 Å². The molecule has 0 aliphatic rings. The molecule has 1 aromatic heterocycles. The number of rotatable bonds is 18. The normalized spacial score (nSPS) is 11.8. The van der Waals surface area contributed by atoms with Crippen LogP contribution in [-0.2, 0) is 16.4 Å². The second-order valence-corrected chi connectivity index (χ2v) is 11.9. The standard InChI is InChI=1S/C31H44N2O5S/c1-5-8-14-24-23-26-29(38-24)18-17-27(32-39(4,35)36)30(26)31(34)25-15-11-12-16-28(25)37-22-13-21-33(19-9-6-2)20-10-7-3/h11-12,15-18,23,32H,5-10,13-14,19-22H2,1-4H3. The molecule has 0 spiro atoms. The maximum absolute atomic E-state index is 14.0. The van der Waals surface area contributed by atoms with Crippen LogP contribution in [0, 0.1) is 0 Å². The Kier molecular flexibility index (Phi) is 11.9. The first-order valence-corrected chi connectivity index (χ1v) is 16.2.